The Bertz CT molecular complexity index is 997. The monoisotopic (exact) mass is 427 g/mol. The van der Waals surface area contributed by atoms with Crippen LogP contribution in [-0.4, -0.2) is 59.4 Å². The van der Waals surface area contributed by atoms with Crippen molar-refractivity contribution in [2.75, 3.05) is 27.3 Å². The van der Waals surface area contributed by atoms with E-state index in [1.807, 2.05) is 47.1 Å². The Morgan fingerprint density at radius 1 is 1.00 bits per heavy atom. The van der Waals surface area contributed by atoms with Crippen LogP contribution in [0.15, 0.2) is 59.8 Å². The third-order valence-corrected chi connectivity index (χ3v) is 5.33. The zero-order valence-electron chi connectivity index (χ0n) is 16.6. The Hall–Kier alpha value is -3.33. The molecule has 0 spiro atoms. The van der Waals surface area contributed by atoms with Gasteiger partial charge in [-0.25, -0.2) is 4.98 Å². The SMILES string of the molecule is COC(=O)CN(CC(=O)OC)C(=O)c1ccc(SCc2cn3ccccc3n2)cc1. The van der Waals surface area contributed by atoms with Crippen molar-refractivity contribution >= 4 is 35.3 Å². The van der Waals surface area contributed by atoms with Crippen molar-refractivity contribution < 1.29 is 23.9 Å². The fourth-order valence-corrected chi connectivity index (χ4v) is 3.51. The molecular formula is C21H21N3O5S. The zero-order valence-corrected chi connectivity index (χ0v) is 17.4. The van der Waals surface area contributed by atoms with Crippen LogP contribution in [0.4, 0.5) is 0 Å². The lowest BCUT2D eigenvalue weighted by Gasteiger charge is -2.20. The number of imidazole rings is 1. The van der Waals surface area contributed by atoms with Crippen molar-refractivity contribution in [3.05, 3.63) is 66.1 Å². The van der Waals surface area contributed by atoms with E-state index in [1.54, 1.807) is 23.9 Å². The van der Waals surface area contributed by atoms with E-state index < -0.39 is 17.8 Å². The molecule has 1 amide bonds. The van der Waals surface area contributed by atoms with Gasteiger partial charge in [0.2, 0.25) is 0 Å². The minimum absolute atomic E-state index is 0.338. The molecule has 1 aromatic carbocycles. The highest BCUT2D eigenvalue weighted by Gasteiger charge is 2.22. The number of aromatic nitrogens is 2. The first-order valence-electron chi connectivity index (χ1n) is 9.08. The molecule has 3 rings (SSSR count). The van der Waals surface area contributed by atoms with Gasteiger partial charge in [0.05, 0.1) is 19.9 Å². The number of ether oxygens (including phenoxy) is 2. The van der Waals surface area contributed by atoms with E-state index in [-0.39, 0.29) is 13.1 Å². The molecule has 0 unspecified atom stereocenters. The molecule has 0 atom stereocenters. The van der Waals surface area contributed by atoms with Gasteiger partial charge in [0.25, 0.3) is 5.91 Å². The molecule has 0 bridgehead atoms. The van der Waals surface area contributed by atoms with Crippen molar-refractivity contribution in [3.63, 3.8) is 0 Å². The number of benzene rings is 1. The van der Waals surface area contributed by atoms with Gasteiger partial charge in [-0.05, 0) is 36.4 Å². The van der Waals surface area contributed by atoms with Crippen LogP contribution in [0.5, 0.6) is 0 Å². The van der Waals surface area contributed by atoms with Gasteiger partial charge in [-0.1, -0.05) is 6.07 Å². The van der Waals surface area contributed by atoms with Crippen LogP contribution >= 0.6 is 11.8 Å². The second kappa shape index (κ2) is 9.93. The summed E-state index contributed by atoms with van der Waals surface area (Å²) in [6.45, 7) is -0.677. The summed E-state index contributed by atoms with van der Waals surface area (Å²) in [4.78, 5) is 42.5. The van der Waals surface area contributed by atoms with E-state index in [1.165, 1.54) is 14.2 Å². The van der Waals surface area contributed by atoms with Gasteiger partial charge >= 0.3 is 11.9 Å². The van der Waals surface area contributed by atoms with Gasteiger partial charge in [0.15, 0.2) is 0 Å². The minimum atomic E-state index is -0.619. The number of carbonyl (C=O) groups excluding carboxylic acids is 3. The van der Waals surface area contributed by atoms with Crippen molar-refractivity contribution in [1.82, 2.24) is 14.3 Å². The van der Waals surface area contributed by atoms with Crippen molar-refractivity contribution in [2.45, 2.75) is 10.6 Å². The van der Waals surface area contributed by atoms with Crippen LogP contribution in [0, 0.1) is 0 Å². The van der Waals surface area contributed by atoms with Crippen LogP contribution in [-0.2, 0) is 24.8 Å². The predicted molar refractivity (Wildman–Crippen MR) is 111 cm³/mol. The molecular weight excluding hydrogens is 406 g/mol. The molecule has 2 aromatic heterocycles. The highest BCUT2D eigenvalue weighted by molar-refractivity contribution is 7.98. The third-order valence-electron chi connectivity index (χ3n) is 4.28. The molecule has 0 aliphatic carbocycles. The smallest absolute Gasteiger partial charge is 0.325 e. The number of hydrogen-bond acceptors (Lipinski definition) is 7. The summed E-state index contributed by atoms with van der Waals surface area (Å²) in [6.07, 6.45) is 3.93. The van der Waals surface area contributed by atoms with E-state index >= 15 is 0 Å². The number of methoxy groups -OCH3 is 2. The second-order valence-corrected chi connectivity index (χ2v) is 7.37. The second-order valence-electron chi connectivity index (χ2n) is 6.32. The molecule has 30 heavy (non-hydrogen) atoms. The molecule has 3 aromatic rings. The predicted octanol–water partition coefficient (Wildman–Crippen LogP) is 2.41. The van der Waals surface area contributed by atoms with Crippen LogP contribution in [0.2, 0.25) is 0 Å². The van der Waals surface area contributed by atoms with Gasteiger partial charge in [-0.15, -0.1) is 11.8 Å². The van der Waals surface area contributed by atoms with Crippen molar-refractivity contribution in [1.29, 1.82) is 0 Å². The average molecular weight is 427 g/mol. The van der Waals surface area contributed by atoms with Gasteiger partial charge in [-0.2, -0.15) is 0 Å². The molecule has 0 aliphatic rings. The molecule has 8 nitrogen and oxygen atoms in total. The maximum atomic E-state index is 12.7. The molecule has 0 aliphatic heterocycles. The molecule has 9 heteroatoms. The Morgan fingerprint density at radius 3 is 2.27 bits per heavy atom. The number of thioether (sulfide) groups is 1. The van der Waals surface area contributed by atoms with Gasteiger partial charge < -0.3 is 18.8 Å². The number of hydrogen-bond donors (Lipinski definition) is 0. The first-order chi connectivity index (χ1) is 14.5. The summed E-state index contributed by atoms with van der Waals surface area (Å²) < 4.78 is 11.2. The Morgan fingerprint density at radius 2 is 1.67 bits per heavy atom. The molecule has 0 radical (unpaired) electrons. The molecule has 0 N–H and O–H groups in total. The summed E-state index contributed by atoms with van der Waals surface area (Å²) in [6, 6.07) is 12.8. The number of pyridine rings is 1. The molecule has 0 saturated heterocycles. The number of esters is 2. The quantitative estimate of drug-likeness (QED) is 0.403. The van der Waals surface area contributed by atoms with Crippen LogP contribution in [0.3, 0.4) is 0 Å². The van der Waals surface area contributed by atoms with Crippen LogP contribution in [0.1, 0.15) is 16.1 Å². The third kappa shape index (κ3) is 5.38. The summed E-state index contributed by atoms with van der Waals surface area (Å²) >= 11 is 1.60. The van der Waals surface area contributed by atoms with Gasteiger partial charge in [-0.3, -0.25) is 14.4 Å². The molecule has 0 saturated carbocycles. The van der Waals surface area contributed by atoms with E-state index in [0.29, 0.717) is 11.3 Å². The molecule has 2 heterocycles. The van der Waals surface area contributed by atoms with Crippen LogP contribution < -0.4 is 0 Å². The van der Waals surface area contributed by atoms with E-state index in [9.17, 15) is 14.4 Å². The number of amides is 1. The Kier molecular flexibility index (Phi) is 7.08. The van der Waals surface area contributed by atoms with Gasteiger partial charge in [0.1, 0.15) is 18.7 Å². The fraction of sp³-hybridized carbons (Fsp3) is 0.238. The van der Waals surface area contributed by atoms with Gasteiger partial charge in [0, 0.05) is 28.6 Å². The van der Waals surface area contributed by atoms with Crippen molar-refractivity contribution in [2.24, 2.45) is 0 Å². The lowest BCUT2D eigenvalue weighted by molar-refractivity contribution is -0.144. The molecule has 0 fully saturated rings. The van der Waals surface area contributed by atoms with E-state index in [2.05, 4.69) is 14.5 Å². The number of carbonyl (C=O) groups is 3. The number of rotatable bonds is 8. The van der Waals surface area contributed by atoms with E-state index in [0.717, 1.165) is 21.1 Å². The summed E-state index contributed by atoms with van der Waals surface area (Å²) in [5.74, 6) is -1.01. The largest absolute Gasteiger partial charge is 0.468 e. The standard InChI is InChI=1S/C21H21N3O5S/c1-28-19(25)12-24(13-20(26)29-2)21(27)15-6-8-17(9-7-15)30-14-16-11-23-10-4-3-5-18(23)22-16/h3-11H,12-14H2,1-2H3. The summed E-state index contributed by atoms with van der Waals surface area (Å²) in [5, 5.41) is 0. The van der Waals surface area contributed by atoms with Crippen LogP contribution in [0.25, 0.3) is 5.65 Å². The maximum absolute atomic E-state index is 12.7. The first kappa shape index (κ1) is 21.4. The zero-order chi connectivity index (χ0) is 21.5. The fourth-order valence-electron chi connectivity index (χ4n) is 2.73. The highest BCUT2D eigenvalue weighted by Crippen LogP contribution is 2.23. The maximum Gasteiger partial charge on any atom is 0.325 e. The first-order valence-corrected chi connectivity index (χ1v) is 10.1. The normalized spacial score (nSPS) is 10.6. The summed E-state index contributed by atoms with van der Waals surface area (Å²) in [7, 11) is 2.44. The average Bonchev–Trinajstić information content (AvgIpc) is 3.20. The number of fused-ring (bicyclic) bond motifs is 1. The molecule has 156 valence electrons. The minimum Gasteiger partial charge on any atom is -0.468 e. The van der Waals surface area contributed by atoms with Crippen molar-refractivity contribution in [3.8, 4) is 0 Å². The summed E-state index contributed by atoms with van der Waals surface area (Å²) in [5.41, 5.74) is 2.21. The lowest BCUT2D eigenvalue weighted by atomic mass is 10.2. The topological polar surface area (TPSA) is 90.2 Å². The lowest BCUT2D eigenvalue weighted by Crippen LogP contribution is -2.40. The Balaban J connectivity index is 1.65. The highest BCUT2D eigenvalue weighted by atomic mass is 32.2. The van der Waals surface area contributed by atoms with E-state index in [4.69, 9.17) is 0 Å². The Labute approximate surface area is 177 Å². The number of nitrogens with zero attached hydrogens (tertiary/aromatic N) is 3.